The molecule has 2 aromatic heterocycles. The summed E-state index contributed by atoms with van der Waals surface area (Å²) < 4.78 is 12.2. The van der Waals surface area contributed by atoms with Crippen LogP contribution in [0.2, 0.25) is 0 Å². The van der Waals surface area contributed by atoms with Gasteiger partial charge in [-0.15, -0.1) is 5.10 Å². The summed E-state index contributed by atoms with van der Waals surface area (Å²) in [5.74, 6) is -0.234. The van der Waals surface area contributed by atoms with Gasteiger partial charge in [0.25, 0.3) is 11.8 Å². The second kappa shape index (κ2) is 8.32. The van der Waals surface area contributed by atoms with Gasteiger partial charge in [0.15, 0.2) is 5.65 Å². The van der Waals surface area contributed by atoms with Gasteiger partial charge in [-0.25, -0.2) is 4.52 Å². The van der Waals surface area contributed by atoms with Crippen LogP contribution < -0.4 is 14.8 Å². The van der Waals surface area contributed by atoms with Crippen molar-refractivity contribution in [1.82, 2.24) is 19.5 Å². The number of amides is 3. The number of carbonyl (C=O) groups excluding carboxylic acids is 3. The number of imide groups is 1. The number of carbonyl (C=O) groups is 3. The molecule has 2 aromatic carbocycles. The van der Waals surface area contributed by atoms with Crippen LogP contribution in [0.4, 0.5) is 5.95 Å². The van der Waals surface area contributed by atoms with E-state index in [1.54, 1.807) is 56.8 Å². The number of nitrogens with zero attached hydrogens (tertiary/aromatic N) is 4. The quantitative estimate of drug-likeness (QED) is 0.443. The molecule has 4 aromatic rings. The Bertz CT molecular complexity index is 1400. The fourth-order valence-electron chi connectivity index (χ4n) is 3.77. The second-order valence-corrected chi connectivity index (χ2v) is 7.55. The van der Waals surface area contributed by atoms with Crippen molar-refractivity contribution < 1.29 is 23.9 Å². The SMILES string of the molecule is COc1cc(OC)cc(-c2ccc3nc(NC(=O)CN4C(=O)c5ccccc5C4=O)nn3c2)c1. The molecule has 0 saturated heterocycles. The summed E-state index contributed by atoms with van der Waals surface area (Å²) in [6.45, 7) is -0.434. The van der Waals surface area contributed by atoms with Crippen LogP contribution in [0.5, 0.6) is 11.5 Å². The van der Waals surface area contributed by atoms with Gasteiger partial charge >= 0.3 is 0 Å². The van der Waals surface area contributed by atoms with E-state index in [4.69, 9.17) is 9.47 Å². The molecular weight excluding hydrogens is 438 g/mol. The first-order valence-electron chi connectivity index (χ1n) is 10.3. The minimum Gasteiger partial charge on any atom is -0.497 e. The van der Waals surface area contributed by atoms with Gasteiger partial charge in [0, 0.05) is 17.8 Å². The average molecular weight is 457 g/mol. The molecular formula is C24H19N5O5. The van der Waals surface area contributed by atoms with Crippen molar-refractivity contribution in [2.24, 2.45) is 0 Å². The average Bonchev–Trinajstić information content (AvgIpc) is 3.36. The Balaban J connectivity index is 1.34. The van der Waals surface area contributed by atoms with Crippen LogP contribution in [0.3, 0.4) is 0 Å². The summed E-state index contributed by atoms with van der Waals surface area (Å²) in [6.07, 6.45) is 1.76. The molecule has 1 aliphatic heterocycles. The van der Waals surface area contributed by atoms with Gasteiger partial charge in [0.05, 0.1) is 25.3 Å². The van der Waals surface area contributed by atoms with Gasteiger partial charge in [-0.1, -0.05) is 12.1 Å². The number of ether oxygens (including phenoxy) is 2. The van der Waals surface area contributed by atoms with Crippen LogP contribution >= 0.6 is 0 Å². The zero-order valence-corrected chi connectivity index (χ0v) is 18.3. The number of hydrogen-bond donors (Lipinski definition) is 1. The highest BCUT2D eigenvalue weighted by Gasteiger charge is 2.36. The molecule has 34 heavy (non-hydrogen) atoms. The zero-order chi connectivity index (χ0) is 23.8. The Morgan fingerprint density at radius 3 is 2.18 bits per heavy atom. The van der Waals surface area contributed by atoms with Crippen molar-refractivity contribution in [3.8, 4) is 22.6 Å². The lowest BCUT2D eigenvalue weighted by atomic mass is 10.1. The van der Waals surface area contributed by atoms with Gasteiger partial charge in [-0.2, -0.15) is 4.98 Å². The summed E-state index contributed by atoms with van der Waals surface area (Å²) in [5.41, 5.74) is 2.76. The summed E-state index contributed by atoms with van der Waals surface area (Å²) in [5, 5.41) is 6.85. The number of rotatable bonds is 6. The Morgan fingerprint density at radius 2 is 1.56 bits per heavy atom. The molecule has 0 aliphatic carbocycles. The normalized spacial score (nSPS) is 12.7. The van der Waals surface area contributed by atoms with E-state index in [2.05, 4.69) is 15.4 Å². The molecule has 170 valence electrons. The number of aromatic nitrogens is 3. The van der Waals surface area contributed by atoms with E-state index in [9.17, 15) is 14.4 Å². The Hall–Kier alpha value is -4.73. The minimum atomic E-state index is -0.580. The second-order valence-electron chi connectivity index (χ2n) is 7.55. The number of pyridine rings is 1. The molecule has 1 N–H and O–H groups in total. The maximum Gasteiger partial charge on any atom is 0.262 e. The molecule has 5 rings (SSSR count). The summed E-state index contributed by atoms with van der Waals surface area (Å²) >= 11 is 0. The van der Waals surface area contributed by atoms with E-state index in [0.29, 0.717) is 17.1 Å². The van der Waals surface area contributed by atoms with Crippen LogP contribution in [-0.2, 0) is 4.79 Å². The van der Waals surface area contributed by atoms with Gasteiger partial charge < -0.3 is 9.47 Å². The first-order valence-corrected chi connectivity index (χ1v) is 10.3. The maximum absolute atomic E-state index is 12.5. The Kier molecular flexibility index (Phi) is 5.17. The smallest absolute Gasteiger partial charge is 0.262 e. The van der Waals surface area contributed by atoms with Crippen LogP contribution in [-0.4, -0.2) is 58.0 Å². The van der Waals surface area contributed by atoms with Crippen LogP contribution in [0.15, 0.2) is 60.8 Å². The van der Waals surface area contributed by atoms with Gasteiger partial charge in [0.1, 0.15) is 18.0 Å². The highest BCUT2D eigenvalue weighted by Crippen LogP contribution is 2.30. The molecule has 0 spiro atoms. The standard InChI is InChI=1S/C24H19N5O5/c1-33-16-9-15(10-17(11-16)34-2)14-7-8-20-25-24(27-29(20)12-14)26-21(30)13-28-22(31)18-5-3-4-6-19(18)23(28)32/h3-12H,13H2,1-2H3,(H,26,27,30). The topological polar surface area (TPSA) is 115 Å². The number of nitrogens with one attached hydrogen (secondary N) is 1. The lowest BCUT2D eigenvalue weighted by Gasteiger charge is -2.12. The predicted molar refractivity (Wildman–Crippen MR) is 122 cm³/mol. The van der Waals surface area contributed by atoms with Crippen molar-refractivity contribution in [2.75, 3.05) is 26.1 Å². The highest BCUT2D eigenvalue weighted by molar-refractivity contribution is 6.22. The molecule has 10 heteroatoms. The van der Waals surface area contributed by atoms with Gasteiger partial charge in [-0.05, 0) is 42.0 Å². The molecule has 3 heterocycles. The zero-order valence-electron chi connectivity index (χ0n) is 18.3. The van der Waals surface area contributed by atoms with Crippen LogP contribution in [0, 0.1) is 0 Å². The largest absolute Gasteiger partial charge is 0.497 e. The fraction of sp³-hybridized carbons (Fsp3) is 0.125. The molecule has 1 aliphatic rings. The summed E-state index contributed by atoms with van der Waals surface area (Å²) in [4.78, 5) is 42.7. The molecule has 3 amide bonds. The third-order valence-electron chi connectivity index (χ3n) is 5.45. The molecule has 0 saturated carbocycles. The van der Waals surface area contributed by atoms with E-state index < -0.39 is 24.3 Å². The molecule has 0 fully saturated rings. The van der Waals surface area contributed by atoms with E-state index in [1.807, 2.05) is 18.2 Å². The monoisotopic (exact) mass is 457 g/mol. The number of benzene rings is 2. The maximum atomic E-state index is 12.5. The first kappa shape index (κ1) is 21.1. The van der Waals surface area contributed by atoms with E-state index in [-0.39, 0.29) is 17.1 Å². The fourth-order valence-corrected chi connectivity index (χ4v) is 3.77. The number of anilines is 1. The molecule has 10 nitrogen and oxygen atoms in total. The number of hydrogen-bond acceptors (Lipinski definition) is 7. The van der Waals surface area contributed by atoms with Crippen molar-refractivity contribution >= 4 is 29.3 Å². The van der Waals surface area contributed by atoms with E-state index >= 15 is 0 Å². The lowest BCUT2D eigenvalue weighted by molar-refractivity contribution is -0.116. The molecule has 0 radical (unpaired) electrons. The predicted octanol–water partition coefficient (Wildman–Crippen LogP) is 2.65. The molecule has 0 atom stereocenters. The third kappa shape index (κ3) is 3.71. The Morgan fingerprint density at radius 1 is 0.912 bits per heavy atom. The van der Waals surface area contributed by atoms with Crippen LogP contribution in [0.25, 0.3) is 16.8 Å². The van der Waals surface area contributed by atoms with Crippen molar-refractivity contribution in [3.05, 3.63) is 71.9 Å². The van der Waals surface area contributed by atoms with E-state index in [1.165, 1.54) is 4.52 Å². The minimum absolute atomic E-state index is 0.0574. The van der Waals surface area contributed by atoms with Crippen LogP contribution in [0.1, 0.15) is 20.7 Å². The first-order chi connectivity index (χ1) is 16.5. The summed E-state index contributed by atoms with van der Waals surface area (Å²) in [7, 11) is 3.16. The van der Waals surface area contributed by atoms with E-state index in [0.717, 1.165) is 16.0 Å². The third-order valence-corrected chi connectivity index (χ3v) is 5.45. The highest BCUT2D eigenvalue weighted by atomic mass is 16.5. The van der Waals surface area contributed by atoms with Crippen molar-refractivity contribution in [3.63, 3.8) is 0 Å². The Labute approximate surface area is 193 Å². The number of methoxy groups -OCH3 is 2. The van der Waals surface area contributed by atoms with Gasteiger partial charge in [0.2, 0.25) is 11.9 Å². The number of fused-ring (bicyclic) bond motifs is 2. The molecule has 0 unspecified atom stereocenters. The lowest BCUT2D eigenvalue weighted by Crippen LogP contribution is -2.37. The van der Waals surface area contributed by atoms with Gasteiger partial charge in [-0.3, -0.25) is 24.6 Å². The van der Waals surface area contributed by atoms with Crippen molar-refractivity contribution in [1.29, 1.82) is 0 Å². The van der Waals surface area contributed by atoms with Crippen molar-refractivity contribution in [2.45, 2.75) is 0 Å². The summed E-state index contributed by atoms with van der Waals surface area (Å²) in [6, 6.07) is 15.6. The molecule has 0 bridgehead atoms.